The predicted octanol–water partition coefficient (Wildman–Crippen LogP) is 5.57. The van der Waals surface area contributed by atoms with E-state index in [0.29, 0.717) is 5.56 Å². The van der Waals surface area contributed by atoms with Gasteiger partial charge in [0.1, 0.15) is 0 Å². The standard InChI is InChI=1S/C26H18N2O3S2/c29-25(18-9-3-1-4-10-18)27-26-28(33(30,31)19-13-5-2-6-14-19)23-20-15-7-11-17-12-8-16-21(22(17)20)24(23)32-26/h1-16,23-24H/t23-,24-/m1/s1. The first kappa shape index (κ1) is 20.2. The van der Waals surface area contributed by atoms with Crippen molar-refractivity contribution in [1.82, 2.24) is 4.31 Å². The lowest BCUT2D eigenvalue weighted by Gasteiger charge is -2.25. The van der Waals surface area contributed by atoms with Crippen LogP contribution in [0.1, 0.15) is 32.8 Å². The van der Waals surface area contributed by atoms with Crippen molar-refractivity contribution in [3.05, 3.63) is 114 Å². The van der Waals surface area contributed by atoms with Crippen LogP contribution in [0.25, 0.3) is 10.8 Å². The number of amidine groups is 1. The monoisotopic (exact) mass is 470 g/mol. The summed E-state index contributed by atoms with van der Waals surface area (Å²) in [5, 5.41) is 2.20. The first-order chi connectivity index (χ1) is 16.1. The van der Waals surface area contributed by atoms with E-state index in [2.05, 4.69) is 4.99 Å². The Morgan fingerprint density at radius 2 is 1.42 bits per heavy atom. The van der Waals surface area contributed by atoms with E-state index < -0.39 is 22.0 Å². The third-order valence-electron chi connectivity index (χ3n) is 6.07. The minimum Gasteiger partial charge on any atom is -0.267 e. The van der Waals surface area contributed by atoms with Gasteiger partial charge in [0.2, 0.25) is 0 Å². The van der Waals surface area contributed by atoms with Gasteiger partial charge in [-0.05, 0) is 46.2 Å². The van der Waals surface area contributed by atoms with Crippen molar-refractivity contribution in [1.29, 1.82) is 0 Å². The number of sulfonamides is 1. The maximum Gasteiger partial charge on any atom is 0.279 e. The second-order valence-electron chi connectivity index (χ2n) is 7.96. The zero-order valence-electron chi connectivity index (χ0n) is 17.3. The van der Waals surface area contributed by atoms with Crippen LogP contribution in [0, 0.1) is 0 Å². The average Bonchev–Trinajstić information content (AvgIpc) is 3.37. The summed E-state index contributed by atoms with van der Waals surface area (Å²) in [7, 11) is -3.95. The molecule has 5 nitrogen and oxygen atoms in total. The number of nitrogens with zero attached hydrogens (tertiary/aromatic N) is 2. The smallest absolute Gasteiger partial charge is 0.267 e. The van der Waals surface area contributed by atoms with E-state index in [-0.39, 0.29) is 15.3 Å². The highest BCUT2D eigenvalue weighted by Gasteiger charge is 2.51. The Bertz CT molecular complexity index is 1530. The van der Waals surface area contributed by atoms with Gasteiger partial charge in [0.25, 0.3) is 15.9 Å². The van der Waals surface area contributed by atoms with Crippen molar-refractivity contribution >= 4 is 43.6 Å². The van der Waals surface area contributed by atoms with Crippen molar-refractivity contribution < 1.29 is 13.2 Å². The minimum absolute atomic E-state index is 0.174. The molecule has 7 heteroatoms. The predicted molar refractivity (Wildman–Crippen MR) is 131 cm³/mol. The van der Waals surface area contributed by atoms with Crippen molar-refractivity contribution in [2.75, 3.05) is 0 Å². The Morgan fingerprint density at radius 1 is 0.788 bits per heavy atom. The molecule has 33 heavy (non-hydrogen) atoms. The van der Waals surface area contributed by atoms with Crippen LogP contribution >= 0.6 is 11.8 Å². The lowest BCUT2D eigenvalue weighted by Crippen LogP contribution is -2.34. The molecule has 2 aliphatic rings. The molecule has 1 aliphatic carbocycles. The highest BCUT2D eigenvalue weighted by atomic mass is 32.2. The molecule has 0 unspecified atom stereocenters. The molecule has 6 rings (SSSR count). The third-order valence-corrected chi connectivity index (χ3v) is 9.24. The van der Waals surface area contributed by atoms with Crippen LogP contribution in [0.3, 0.4) is 0 Å². The molecule has 4 aromatic rings. The Hall–Kier alpha value is -3.42. The van der Waals surface area contributed by atoms with Gasteiger partial charge in [-0.15, -0.1) is 0 Å². The SMILES string of the molecule is O=C(N=C1S[C@@H]2c3cccc4cccc(c34)[C@H]2N1S(=O)(=O)c1ccccc1)c1ccccc1. The Balaban J connectivity index is 1.54. The van der Waals surface area contributed by atoms with E-state index in [0.717, 1.165) is 21.9 Å². The molecule has 1 heterocycles. The summed E-state index contributed by atoms with van der Waals surface area (Å²) < 4.78 is 29.1. The number of hydrogen-bond acceptors (Lipinski definition) is 4. The molecule has 0 saturated carbocycles. The molecule has 2 atom stereocenters. The van der Waals surface area contributed by atoms with Crippen LogP contribution in [0.4, 0.5) is 0 Å². The van der Waals surface area contributed by atoms with Crippen LogP contribution in [0.5, 0.6) is 0 Å². The van der Waals surface area contributed by atoms with Crippen molar-refractivity contribution in [2.45, 2.75) is 16.2 Å². The summed E-state index contributed by atoms with van der Waals surface area (Å²) in [4.78, 5) is 17.4. The molecule has 1 aliphatic heterocycles. The molecule has 0 bridgehead atoms. The highest BCUT2D eigenvalue weighted by molar-refractivity contribution is 8.15. The van der Waals surface area contributed by atoms with Crippen LogP contribution in [-0.4, -0.2) is 23.8 Å². The largest absolute Gasteiger partial charge is 0.279 e. The van der Waals surface area contributed by atoms with E-state index >= 15 is 0 Å². The number of aliphatic imine (C=N–C) groups is 1. The summed E-state index contributed by atoms with van der Waals surface area (Å²) in [5.41, 5.74) is 2.43. The topological polar surface area (TPSA) is 66.8 Å². The van der Waals surface area contributed by atoms with E-state index in [9.17, 15) is 13.2 Å². The molecule has 0 aromatic heterocycles. The van der Waals surface area contributed by atoms with E-state index in [1.165, 1.54) is 16.1 Å². The third kappa shape index (κ3) is 3.11. The maximum absolute atomic E-state index is 13.9. The first-order valence-electron chi connectivity index (χ1n) is 10.5. The minimum atomic E-state index is -3.95. The van der Waals surface area contributed by atoms with Gasteiger partial charge in [-0.25, -0.2) is 12.7 Å². The Labute approximate surface area is 195 Å². The molecule has 1 fully saturated rings. The number of carbonyl (C=O) groups is 1. The Kier molecular flexibility index (Phi) is 4.64. The summed E-state index contributed by atoms with van der Waals surface area (Å²) >= 11 is 1.34. The number of benzene rings is 4. The van der Waals surface area contributed by atoms with Crippen molar-refractivity contribution in [2.24, 2.45) is 4.99 Å². The number of rotatable bonds is 3. The van der Waals surface area contributed by atoms with Gasteiger partial charge in [0.15, 0.2) is 5.17 Å². The summed E-state index contributed by atoms with van der Waals surface area (Å²) in [6, 6.07) is 28.6. The number of thioether (sulfide) groups is 1. The van der Waals surface area contributed by atoms with Crippen LogP contribution in [0.2, 0.25) is 0 Å². The second kappa shape index (κ2) is 7.57. The summed E-state index contributed by atoms with van der Waals surface area (Å²) in [6.45, 7) is 0. The lowest BCUT2D eigenvalue weighted by atomic mass is 10.0. The average molecular weight is 471 g/mol. The molecule has 162 valence electrons. The normalized spacial score (nSPS) is 20.4. The molecule has 1 amide bonds. The van der Waals surface area contributed by atoms with Gasteiger partial charge in [-0.3, -0.25) is 4.79 Å². The van der Waals surface area contributed by atoms with E-state index in [1.54, 1.807) is 54.6 Å². The zero-order valence-corrected chi connectivity index (χ0v) is 19.0. The second-order valence-corrected chi connectivity index (χ2v) is 10.9. The van der Waals surface area contributed by atoms with Gasteiger partial charge in [-0.2, -0.15) is 4.99 Å². The van der Waals surface area contributed by atoms with Crippen molar-refractivity contribution in [3.63, 3.8) is 0 Å². The number of fused-ring (bicyclic) bond motifs is 3. The van der Waals surface area contributed by atoms with Gasteiger partial charge in [0, 0.05) is 5.56 Å². The fraction of sp³-hybridized carbons (Fsp3) is 0.0769. The van der Waals surface area contributed by atoms with Gasteiger partial charge < -0.3 is 0 Å². The van der Waals surface area contributed by atoms with Crippen LogP contribution in [0.15, 0.2) is 107 Å². The lowest BCUT2D eigenvalue weighted by molar-refractivity contribution is 0.100. The fourth-order valence-electron chi connectivity index (χ4n) is 4.64. The molecular formula is C26H18N2O3S2. The Morgan fingerprint density at radius 3 is 2.12 bits per heavy atom. The molecule has 4 aromatic carbocycles. The zero-order chi connectivity index (χ0) is 22.6. The molecule has 0 N–H and O–H groups in total. The highest BCUT2D eigenvalue weighted by Crippen LogP contribution is 2.60. The molecule has 0 spiro atoms. The molecule has 1 saturated heterocycles. The number of hydrogen-bond donors (Lipinski definition) is 0. The van der Waals surface area contributed by atoms with Gasteiger partial charge in [-0.1, -0.05) is 84.6 Å². The van der Waals surface area contributed by atoms with Crippen LogP contribution < -0.4 is 0 Å². The van der Waals surface area contributed by atoms with Crippen LogP contribution in [-0.2, 0) is 10.0 Å². The van der Waals surface area contributed by atoms with Gasteiger partial charge >= 0.3 is 0 Å². The van der Waals surface area contributed by atoms with E-state index in [1.807, 2.05) is 42.5 Å². The van der Waals surface area contributed by atoms with E-state index in [4.69, 9.17) is 0 Å². The molecule has 0 radical (unpaired) electrons. The number of amides is 1. The van der Waals surface area contributed by atoms with Crippen molar-refractivity contribution in [3.8, 4) is 0 Å². The quantitative estimate of drug-likeness (QED) is 0.393. The fourth-order valence-corrected chi connectivity index (χ4v) is 7.95. The maximum atomic E-state index is 13.9. The molecular weight excluding hydrogens is 452 g/mol. The first-order valence-corrected chi connectivity index (χ1v) is 12.8. The summed E-state index contributed by atoms with van der Waals surface area (Å²) in [6.07, 6.45) is 0. The van der Waals surface area contributed by atoms with Gasteiger partial charge in [0.05, 0.1) is 16.2 Å². The summed E-state index contributed by atoms with van der Waals surface area (Å²) in [5.74, 6) is -0.460. The number of carbonyl (C=O) groups excluding carboxylic acids is 1.